The fourth-order valence-corrected chi connectivity index (χ4v) is 2.58. The SMILES string of the molecule is COCCOCCCNCc1c(C)nn(-c2ccc(F)cc2F)c1C. The van der Waals surface area contributed by atoms with Crippen LogP contribution in [-0.2, 0) is 16.0 Å². The Labute approximate surface area is 146 Å². The van der Waals surface area contributed by atoms with Crippen LogP contribution in [0.4, 0.5) is 8.78 Å². The molecule has 0 saturated carbocycles. The van der Waals surface area contributed by atoms with Gasteiger partial charge in [0.05, 0.1) is 18.9 Å². The molecule has 25 heavy (non-hydrogen) atoms. The molecular weight excluding hydrogens is 328 g/mol. The molecule has 0 aliphatic heterocycles. The summed E-state index contributed by atoms with van der Waals surface area (Å²) in [6.45, 7) is 7.09. The number of rotatable bonds is 10. The van der Waals surface area contributed by atoms with Gasteiger partial charge in [0.2, 0.25) is 0 Å². The third-order valence-corrected chi connectivity index (χ3v) is 3.95. The minimum absolute atomic E-state index is 0.250. The van der Waals surface area contributed by atoms with E-state index < -0.39 is 11.6 Å². The van der Waals surface area contributed by atoms with Crippen LogP contribution in [0.2, 0.25) is 0 Å². The fraction of sp³-hybridized carbons (Fsp3) is 0.500. The minimum Gasteiger partial charge on any atom is -0.382 e. The zero-order valence-electron chi connectivity index (χ0n) is 14.9. The Bertz CT molecular complexity index is 689. The summed E-state index contributed by atoms with van der Waals surface area (Å²) in [7, 11) is 1.65. The summed E-state index contributed by atoms with van der Waals surface area (Å²) < 4.78 is 38.9. The van der Waals surface area contributed by atoms with Gasteiger partial charge in [-0.1, -0.05) is 0 Å². The highest BCUT2D eigenvalue weighted by atomic mass is 19.1. The van der Waals surface area contributed by atoms with Crippen molar-refractivity contribution in [3.8, 4) is 5.69 Å². The molecule has 2 rings (SSSR count). The van der Waals surface area contributed by atoms with Gasteiger partial charge >= 0.3 is 0 Å². The van der Waals surface area contributed by atoms with Crippen LogP contribution in [0.5, 0.6) is 0 Å². The number of methoxy groups -OCH3 is 1. The van der Waals surface area contributed by atoms with E-state index in [9.17, 15) is 8.78 Å². The van der Waals surface area contributed by atoms with Gasteiger partial charge in [0, 0.05) is 37.6 Å². The molecular formula is C18H25F2N3O2. The Balaban J connectivity index is 1.91. The molecule has 0 spiro atoms. The summed E-state index contributed by atoms with van der Waals surface area (Å²) in [5, 5.41) is 7.74. The molecule has 1 aromatic carbocycles. The average molecular weight is 353 g/mol. The minimum atomic E-state index is -0.627. The molecule has 0 radical (unpaired) electrons. The van der Waals surface area contributed by atoms with E-state index in [0.29, 0.717) is 26.4 Å². The number of aromatic nitrogens is 2. The maximum atomic E-state index is 14.0. The largest absolute Gasteiger partial charge is 0.382 e. The summed E-state index contributed by atoms with van der Waals surface area (Å²) >= 11 is 0. The van der Waals surface area contributed by atoms with Crippen molar-refractivity contribution in [1.29, 1.82) is 0 Å². The maximum Gasteiger partial charge on any atom is 0.151 e. The second-order valence-corrected chi connectivity index (χ2v) is 5.79. The van der Waals surface area contributed by atoms with Gasteiger partial charge in [0.15, 0.2) is 5.82 Å². The van der Waals surface area contributed by atoms with Crippen molar-refractivity contribution >= 4 is 0 Å². The lowest BCUT2D eigenvalue weighted by Gasteiger charge is -2.08. The summed E-state index contributed by atoms with van der Waals surface area (Å²) in [5.41, 5.74) is 2.93. The van der Waals surface area contributed by atoms with Gasteiger partial charge in [0.1, 0.15) is 11.5 Å². The van der Waals surface area contributed by atoms with E-state index in [4.69, 9.17) is 9.47 Å². The first-order chi connectivity index (χ1) is 12.0. The van der Waals surface area contributed by atoms with Crippen molar-refractivity contribution in [1.82, 2.24) is 15.1 Å². The van der Waals surface area contributed by atoms with E-state index in [1.807, 2.05) is 13.8 Å². The number of hydrogen-bond acceptors (Lipinski definition) is 4. The molecule has 0 bridgehead atoms. The molecule has 0 saturated heterocycles. The topological polar surface area (TPSA) is 48.3 Å². The van der Waals surface area contributed by atoms with E-state index in [0.717, 1.165) is 36.0 Å². The van der Waals surface area contributed by atoms with Crippen LogP contribution in [0.3, 0.4) is 0 Å². The number of benzene rings is 1. The highest BCUT2D eigenvalue weighted by molar-refractivity contribution is 5.38. The van der Waals surface area contributed by atoms with Crippen LogP contribution < -0.4 is 5.32 Å². The van der Waals surface area contributed by atoms with E-state index in [2.05, 4.69) is 10.4 Å². The molecule has 7 heteroatoms. The lowest BCUT2D eigenvalue weighted by atomic mass is 10.2. The second-order valence-electron chi connectivity index (χ2n) is 5.79. The van der Waals surface area contributed by atoms with Gasteiger partial charge in [-0.2, -0.15) is 5.10 Å². The third-order valence-electron chi connectivity index (χ3n) is 3.95. The van der Waals surface area contributed by atoms with Gasteiger partial charge in [-0.25, -0.2) is 13.5 Å². The standard InChI is InChI=1S/C18H25F2N3O2/c1-13-16(12-21-7-4-8-25-10-9-24-3)14(2)23(22-13)18-6-5-15(19)11-17(18)20/h5-6,11,21H,4,7-10,12H2,1-3H3. The monoisotopic (exact) mass is 353 g/mol. The number of hydrogen-bond donors (Lipinski definition) is 1. The molecule has 0 aliphatic rings. The van der Waals surface area contributed by atoms with Crippen LogP contribution in [0, 0.1) is 25.5 Å². The molecule has 0 amide bonds. The summed E-state index contributed by atoms with van der Waals surface area (Å²) in [5.74, 6) is -1.23. The normalized spacial score (nSPS) is 11.2. The Morgan fingerprint density at radius 1 is 1.16 bits per heavy atom. The zero-order chi connectivity index (χ0) is 18.2. The maximum absolute atomic E-state index is 14.0. The number of ether oxygens (including phenoxy) is 2. The summed E-state index contributed by atoms with van der Waals surface area (Å²) in [4.78, 5) is 0. The second kappa shape index (κ2) is 9.60. The van der Waals surface area contributed by atoms with E-state index >= 15 is 0 Å². The molecule has 1 aromatic heterocycles. The Morgan fingerprint density at radius 2 is 1.96 bits per heavy atom. The molecule has 5 nitrogen and oxygen atoms in total. The van der Waals surface area contributed by atoms with Crippen LogP contribution in [-0.4, -0.2) is 43.3 Å². The number of aryl methyl sites for hydroxylation is 1. The molecule has 0 unspecified atom stereocenters. The molecule has 0 aliphatic carbocycles. The van der Waals surface area contributed by atoms with Gasteiger partial charge in [-0.3, -0.25) is 0 Å². The Kier molecular flexibility index (Phi) is 7.49. The fourth-order valence-electron chi connectivity index (χ4n) is 2.58. The molecule has 0 fully saturated rings. The highest BCUT2D eigenvalue weighted by Gasteiger charge is 2.15. The molecule has 1 heterocycles. The smallest absolute Gasteiger partial charge is 0.151 e. The van der Waals surface area contributed by atoms with Crippen molar-refractivity contribution in [2.45, 2.75) is 26.8 Å². The zero-order valence-corrected chi connectivity index (χ0v) is 14.9. The van der Waals surface area contributed by atoms with E-state index in [-0.39, 0.29) is 5.69 Å². The Morgan fingerprint density at radius 3 is 2.68 bits per heavy atom. The van der Waals surface area contributed by atoms with Gasteiger partial charge in [-0.15, -0.1) is 0 Å². The quantitative estimate of drug-likeness (QED) is 0.667. The lowest BCUT2D eigenvalue weighted by Crippen LogP contribution is -2.17. The summed E-state index contributed by atoms with van der Waals surface area (Å²) in [6.07, 6.45) is 0.891. The first-order valence-corrected chi connectivity index (χ1v) is 8.32. The highest BCUT2D eigenvalue weighted by Crippen LogP contribution is 2.20. The molecule has 0 atom stereocenters. The van der Waals surface area contributed by atoms with Gasteiger partial charge in [0.25, 0.3) is 0 Å². The van der Waals surface area contributed by atoms with Gasteiger partial charge < -0.3 is 14.8 Å². The summed E-state index contributed by atoms with van der Waals surface area (Å²) in [6, 6.07) is 3.50. The van der Waals surface area contributed by atoms with Crippen LogP contribution in [0.25, 0.3) is 5.69 Å². The molecule has 2 aromatic rings. The first kappa shape index (κ1) is 19.5. The van der Waals surface area contributed by atoms with Crippen LogP contribution in [0.1, 0.15) is 23.4 Å². The van der Waals surface area contributed by atoms with Gasteiger partial charge in [-0.05, 0) is 38.9 Å². The first-order valence-electron chi connectivity index (χ1n) is 8.32. The lowest BCUT2D eigenvalue weighted by molar-refractivity contribution is 0.0695. The van der Waals surface area contributed by atoms with Crippen molar-refractivity contribution in [3.05, 3.63) is 46.8 Å². The predicted octanol–water partition coefficient (Wildman–Crippen LogP) is 2.91. The predicted molar refractivity (Wildman–Crippen MR) is 92.0 cm³/mol. The average Bonchev–Trinajstić information content (AvgIpc) is 2.85. The van der Waals surface area contributed by atoms with Crippen LogP contribution in [0.15, 0.2) is 18.2 Å². The number of halogens is 2. The number of nitrogens with zero attached hydrogens (tertiary/aromatic N) is 2. The molecule has 1 N–H and O–H groups in total. The van der Waals surface area contributed by atoms with Crippen molar-refractivity contribution in [2.24, 2.45) is 0 Å². The van der Waals surface area contributed by atoms with E-state index in [1.54, 1.807) is 7.11 Å². The van der Waals surface area contributed by atoms with E-state index in [1.165, 1.54) is 16.8 Å². The number of nitrogens with one attached hydrogen (secondary N) is 1. The third kappa shape index (κ3) is 5.32. The van der Waals surface area contributed by atoms with Crippen molar-refractivity contribution < 1.29 is 18.3 Å². The van der Waals surface area contributed by atoms with Crippen LogP contribution >= 0.6 is 0 Å². The molecule has 138 valence electrons. The van der Waals surface area contributed by atoms with Crippen molar-refractivity contribution in [2.75, 3.05) is 33.5 Å². The Hall–Kier alpha value is -1.83. The van der Waals surface area contributed by atoms with Crippen molar-refractivity contribution in [3.63, 3.8) is 0 Å².